The van der Waals surface area contributed by atoms with E-state index in [1.54, 1.807) is 13.8 Å². The van der Waals surface area contributed by atoms with Crippen molar-refractivity contribution in [2.45, 2.75) is 19.6 Å². The van der Waals surface area contributed by atoms with Crippen LogP contribution in [0, 0.1) is 13.8 Å². The van der Waals surface area contributed by atoms with Crippen LogP contribution in [0.2, 0.25) is 5.15 Å². The van der Waals surface area contributed by atoms with E-state index in [-0.39, 0.29) is 10.9 Å². The van der Waals surface area contributed by atoms with Gasteiger partial charge in [0.05, 0.1) is 11.4 Å². The third-order valence-corrected chi connectivity index (χ3v) is 3.11. The monoisotopic (exact) mass is 254 g/mol. The molecule has 1 heterocycles. The molecular weight excluding hydrogens is 247 g/mol. The summed E-state index contributed by atoms with van der Waals surface area (Å²) in [5.74, 6) is -0.324. The van der Waals surface area contributed by atoms with E-state index < -0.39 is 9.05 Å². The van der Waals surface area contributed by atoms with Gasteiger partial charge in [-0.15, -0.1) is 5.10 Å². The van der Waals surface area contributed by atoms with E-state index in [1.807, 2.05) is 0 Å². The maximum absolute atomic E-state index is 10.9. The second kappa shape index (κ2) is 4.00. The Morgan fingerprint density at radius 2 is 1.86 bits per heavy atom. The number of hydrogen-bond donors (Lipinski definition) is 0. The SMILES string of the molecule is Cc1nnc(Cl)c(CS(=O)(=O)Cl)c1C. The highest BCUT2D eigenvalue weighted by atomic mass is 35.7. The molecule has 1 aromatic heterocycles. The summed E-state index contributed by atoms with van der Waals surface area (Å²) in [6, 6.07) is 0. The summed E-state index contributed by atoms with van der Waals surface area (Å²) in [5.41, 5.74) is 1.76. The minimum absolute atomic E-state index is 0.0809. The van der Waals surface area contributed by atoms with Crippen LogP contribution in [0.25, 0.3) is 0 Å². The smallest absolute Gasteiger partial charge is 0.212 e. The Hall–Kier alpha value is -0.390. The standard InChI is InChI=1S/C7H8Cl2N2O2S/c1-4-5(2)10-11-7(8)6(4)3-14(9,12)13/h3H2,1-2H3. The molecule has 0 aliphatic heterocycles. The summed E-state index contributed by atoms with van der Waals surface area (Å²) >= 11 is 5.71. The molecule has 1 aromatic rings. The normalized spacial score (nSPS) is 11.7. The lowest BCUT2D eigenvalue weighted by molar-refractivity contribution is 0.608. The molecule has 0 amide bonds. The molecule has 1 rings (SSSR count). The Morgan fingerprint density at radius 1 is 1.29 bits per heavy atom. The molecule has 7 heteroatoms. The highest BCUT2D eigenvalue weighted by Gasteiger charge is 2.15. The van der Waals surface area contributed by atoms with Crippen molar-refractivity contribution < 1.29 is 8.42 Å². The number of aryl methyl sites for hydroxylation is 1. The Labute approximate surface area is 91.7 Å². The van der Waals surface area contributed by atoms with Gasteiger partial charge >= 0.3 is 0 Å². The quantitative estimate of drug-likeness (QED) is 0.756. The van der Waals surface area contributed by atoms with Gasteiger partial charge in [0.25, 0.3) is 0 Å². The first-order valence-corrected chi connectivity index (χ1v) is 6.57. The van der Waals surface area contributed by atoms with E-state index in [0.717, 1.165) is 0 Å². The van der Waals surface area contributed by atoms with E-state index in [0.29, 0.717) is 16.8 Å². The first kappa shape index (κ1) is 11.7. The van der Waals surface area contributed by atoms with Crippen LogP contribution in [0.4, 0.5) is 0 Å². The maximum Gasteiger partial charge on any atom is 0.236 e. The van der Waals surface area contributed by atoms with Crippen molar-refractivity contribution in [1.29, 1.82) is 0 Å². The maximum atomic E-state index is 10.9. The van der Waals surface area contributed by atoms with Crippen molar-refractivity contribution >= 4 is 31.3 Å². The zero-order valence-electron chi connectivity index (χ0n) is 7.58. The van der Waals surface area contributed by atoms with Gasteiger partial charge in [-0.3, -0.25) is 0 Å². The fraction of sp³-hybridized carbons (Fsp3) is 0.429. The average Bonchev–Trinajstić information content (AvgIpc) is 2.04. The minimum Gasteiger partial charge on any atom is -0.212 e. The van der Waals surface area contributed by atoms with Crippen LogP contribution in [-0.4, -0.2) is 18.6 Å². The van der Waals surface area contributed by atoms with Gasteiger partial charge in [0.15, 0.2) is 5.15 Å². The molecule has 0 radical (unpaired) electrons. The summed E-state index contributed by atoms with van der Waals surface area (Å²) in [6.45, 7) is 3.45. The number of hydrogen-bond acceptors (Lipinski definition) is 4. The molecule has 4 nitrogen and oxygen atoms in total. The third-order valence-electron chi connectivity index (χ3n) is 1.85. The molecule has 0 aromatic carbocycles. The number of aromatic nitrogens is 2. The second-order valence-electron chi connectivity index (χ2n) is 2.86. The van der Waals surface area contributed by atoms with Crippen molar-refractivity contribution in [3.8, 4) is 0 Å². The fourth-order valence-electron chi connectivity index (χ4n) is 0.968. The van der Waals surface area contributed by atoms with E-state index >= 15 is 0 Å². The number of rotatable bonds is 2. The molecule has 0 bridgehead atoms. The van der Waals surface area contributed by atoms with E-state index in [1.165, 1.54) is 0 Å². The van der Waals surface area contributed by atoms with Crippen molar-refractivity contribution in [2.24, 2.45) is 0 Å². The van der Waals surface area contributed by atoms with E-state index in [2.05, 4.69) is 10.2 Å². The summed E-state index contributed by atoms with van der Waals surface area (Å²) in [7, 11) is 1.51. The first-order valence-electron chi connectivity index (χ1n) is 3.72. The topological polar surface area (TPSA) is 59.9 Å². The van der Waals surface area contributed by atoms with Crippen LogP contribution in [0.1, 0.15) is 16.8 Å². The van der Waals surface area contributed by atoms with Crippen LogP contribution >= 0.6 is 22.3 Å². The van der Waals surface area contributed by atoms with E-state index in [4.69, 9.17) is 22.3 Å². The van der Waals surface area contributed by atoms with Crippen LogP contribution in [-0.2, 0) is 14.8 Å². The number of halogens is 2. The van der Waals surface area contributed by atoms with Crippen LogP contribution in [0.5, 0.6) is 0 Å². The Bertz CT molecular complexity index is 459. The molecule has 0 aliphatic carbocycles. The molecule has 0 spiro atoms. The van der Waals surface area contributed by atoms with Gasteiger partial charge in [0.1, 0.15) is 0 Å². The zero-order valence-corrected chi connectivity index (χ0v) is 9.91. The van der Waals surface area contributed by atoms with Gasteiger partial charge in [-0.05, 0) is 19.4 Å². The van der Waals surface area contributed by atoms with Crippen molar-refractivity contribution in [3.63, 3.8) is 0 Å². The van der Waals surface area contributed by atoms with E-state index in [9.17, 15) is 8.42 Å². The fourth-order valence-corrected chi connectivity index (χ4v) is 2.32. The highest BCUT2D eigenvalue weighted by Crippen LogP contribution is 2.22. The van der Waals surface area contributed by atoms with Gasteiger partial charge in [0, 0.05) is 16.2 Å². The molecule has 14 heavy (non-hydrogen) atoms. The lowest BCUT2D eigenvalue weighted by Gasteiger charge is -2.06. The van der Waals surface area contributed by atoms with Crippen molar-refractivity contribution in [2.75, 3.05) is 0 Å². The zero-order chi connectivity index (χ0) is 10.9. The van der Waals surface area contributed by atoms with Gasteiger partial charge in [0.2, 0.25) is 9.05 Å². The molecule has 0 atom stereocenters. The summed E-state index contributed by atoms with van der Waals surface area (Å²) in [6.07, 6.45) is 0. The lowest BCUT2D eigenvalue weighted by Crippen LogP contribution is -2.04. The average molecular weight is 255 g/mol. The molecule has 0 fully saturated rings. The van der Waals surface area contributed by atoms with Crippen LogP contribution < -0.4 is 0 Å². The van der Waals surface area contributed by atoms with Crippen LogP contribution in [0.15, 0.2) is 0 Å². The first-order chi connectivity index (χ1) is 6.31. The Kier molecular flexibility index (Phi) is 3.34. The molecular formula is C7H8Cl2N2O2S. The van der Waals surface area contributed by atoms with Gasteiger partial charge < -0.3 is 0 Å². The minimum atomic E-state index is -3.62. The summed E-state index contributed by atoms with van der Waals surface area (Å²) < 4.78 is 21.8. The van der Waals surface area contributed by atoms with Crippen molar-refractivity contribution in [1.82, 2.24) is 10.2 Å². The van der Waals surface area contributed by atoms with Gasteiger partial charge in [-0.1, -0.05) is 11.6 Å². The predicted molar refractivity (Wildman–Crippen MR) is 55.0 cm³/mol. The predicted octanol–water partition coefficient (Wildman–Crippen LogP) is 1.82. The Balaban J connectivity index is 3.27. The highest BCUT2D eigenvalue weighted by molar-refractivity contribution is 8.13. The largest absolute Gasteiger partial charge is 0.236 e. The summed E-state index contributed by atoms with van der Waals surface area (Å²) in [5, 5.41) is 7.45. The van der Waals surface area contributed by atoms with Crippen LogP contribution in [0.3, 0.4) is 0 Å². The summed E-state index contributed by atoms with van der Waals surface area (Å²) in [4.78, 5) is 0. The molecule has 0 saturated heterocycles. The number of nitrogens with zero attached hydrogens (tertiary/aromatic N) is 2. The third kappa shape index (κ3) is 2.80. The second-order valence-corrected chi connectivity index (χ2v) is 6.00. The van der Waals surface area contributed by atoms with Crippen molar-refractivity contribution in [3.05, 3.63) is 22.0 Å². The van der Waals surface area contributed by atoms with Gasteiger partial charge in [-0.25, -0.2) is 8.42 Å². The lowest BCUT2D eigenvalue weighted by atomic mass is 10.1. The Morgan fingerprint density at radius 3 is 2.36 bits per heavy atom. The molecule has 0 N–H and O–H groups in total. The molecule has 0 unspecified atom stereocenters. The molecule has 78 valence electrons. The van der Waals surface area contributed by atoms with Gasteiger partial charge in [-0.2, -0.15) is 5.10 Å². The molecule has 0 aliphatic rings. The molecule has 0 saturated carbocycles.